The third-order valence-corrected chi connectivity index (χ3v) is 5.99. The zero-order chi connectivity index (χ0) is 21.2. The van der Waals surface area contributed by atoms with Crippen molar-refractivity contribution in [1.82, 2.24) is 10.3 Å². The van der Waals surface area contributed by atoms with Crippen LogP contribution in [0, 0.1) is 12.8 Å². The van der Waals surface area contributed by atoms with Crippen LogP contribution >= 0.6 is 11.3 Å². The normalized spacial score (nSPS) is 16.9. The number of nitrogens with zero attached hydrogens (tertiary/aromatic N) is 2. The molecule has 6 nitrogen and oxygen atoms in total. The number of methoxy groups -OCH3 is 1. The minimum absolute atomic E-state index is 0.0303. The summed E-state index contributed by atoms with van der Waals surface area (Å²) in [5.41, 5.74) is 2.88. The molecule has 0 saturated carbocycles. The first-order chi connectivity index (χ1) is 13.7. The van der Waals surface area contributed by atoms with E-state index in [2.05, 4.69) is 36.5 Å². The fourth-order valence-corrected chi connectivity index (χ4v) is 4.36. The number of aryl methyl sites for hydroxylation is 1. The molecular formula is C22H29N3O3S. The number of hydrogen-bond acceptors (Lipinski definition) is 5. The second-order valence-electron chi connectivity index (χ2n) is 8.50. The van der Waals surface area contributed by atoms with Crippen molar-refractivity contribution >= 4 is 28.8 Å². The number of nitrogens with one attached hydrogen (secondary N) is 1. The minimum Gasteiger partial charge on any atom is -0.495 e. The van der Waals surface area contributed by atoms with Gasteiger partial charge in [-0.1, -0.05) is 26.8 Å². The van der Waals surface area contributed by atoms with E-state index in [0.717, 1.165) is 22.0 Å². The molecule has 1 aromatic heterocycles. The number of aromatic nitrogens is 1. The summed E-state index contributed by atoms with van der Waals surface area (Å²) in [6.45, 7) is 9.28. The zero-order valence-electron chi connectivity index (χ0n) is 17.7. The average Bonchev–Trinajstić information content (AvgIpc) is 3.28. The lowest BCUT2D eigenvalue weighted by atomic mass is 9.93. The maximum Gasteiger partial charge on any atom is 0.227 e. The van der Waals surface area contributed by atoms with Crippen LogP contribution in [0.4, 0.5) is 5.69 Å². The Morgan fingerprint density at radius 2 is 2.14 bits per heavy atom. The highest BCUT2D eigenvalue weighted by Gasteiger charge is 2.36. The topological polar surface area (TPSA) is 71.5 Å². The molecule has 1 saturated heterocycles. The van der Waals surface area contributed by atoms with Crippen LogP contribution in [0.1, 0.15) is 43.5 Å². The van der Waals surface area contributed by atoms with Crippen molar-refractivity contribution in [3.05, 3.63) is 39.8 Å². The Morgan fingerprint density at radius 3 is 2.79 bits per heavy atom. The highest BCUT2D eigenvalue weighted by atomic mass is 32.1. The van der Waals surface area contributed by atoms with Crippen LogP contribution in [0.25, 0.3) is 0 Å². The van der Waals surface area contributed by atoms with Gasteiger partial charge >= 0.3 is 0 Å². The molecule has 0 spiro atoms. The summed E-state index contributed by atoms with van der Waals surface area (Å²) >= 11 is 1.63. The van der Waals surface area contributed by atoms with Gasteiger partial charge in [-0.15, -0.1) is 11.3 Å². The SMILES string of the molecule is COc1ccc(C)cc1N1C[C@H](C(=O)NCCc2nc(C(C)(C)C)cs2)CC1=O. The number of amides is 2. The highest BCUT2D eigenvalue weighted by Crippen LogP contribution is 2.34. The third-order valence-electron chi connectivity index (χ3n) is 5.08. The van der Waals surface area contributed by atoms with Gasteiger partial charge in [0.05, 0.1) is 29.4 Å². The van der Waals surface area contributed by atoms with E-state index in [1.807, 2.05) is 25.1 Å². The van der Waals surface area contributed by atoms with Gasteiger partial charge in [-0.05, 0) is 24.6 Å². The lowest BCUT2D eigenvalue weighted by Gasteiger charge is -2.20. The molecule has 0 radical (unpaired) electrons. The minimum atomic E-state index is -0.353. The molecular weight excluding hydrogens is 386 g/mol. The van der Waals surface area contributed by atoms with Crippen LogP contribution in [0.5, 0.6) is 5.75 Å². The van der Waals surface area contributed by atoms with Gasteiger partial charge < -0.3 is 15.0 Å². The lowest BCUT2D eigenvalue weighted by molar-refractivity contribution is -0.126. The van der Waals surface area contributed by atoms with Crippen LogP contribution in [-0.4, -0.2) is 37.0 Å². The van der Waals surface area contributed by atoms with E-state index in [0.29, 0.717) is 25.3 Å². The molecule has 156 valence electrons. The van der Waals surface area contributed by atoms with E-state index >= 15 is 0 Å². The van der Waals surface area contributed by atoms with E-state index in [4.69, 9.17) is 4.74 Å². The number of hydrogen-bond donors (Lipinski definition) is 1. The Kier molecular flexibility index (Phi) is 6.27. The average molecular weight is 416 g/mol. The molecule has 2 aromatic rings. The molecule has 1 fully saturated rings. The number of carbonyl (C=O) groups is 2. The molecule has 2 heterocycles. The maximum atomic E-state index is 12.6. The molecule has 1 aliphatic rings. The Labute approximate surface area is 176 Å². The molecule has 1 N–H and O–H groups in total. The molecule has 0 bridgehead atoms. The third kappa shape index (κ3) is 4.96. The Bertz CT molecular complexity index is 901. The number of thiazole rings is 1. The van der Waals surface area contributed by atoms with Gasteiger partial charge in [-0.3, -0.25) is 9.59 Å². The molecule has 3 rings (SSSR count). The second kappa shape index (κ2) is 8.53. The summed E-state index contributed by atoms with van der Waals surface area (Å²) in [7, 11) is 1.59. The molecule has 1 atom stereocenters. The van der Waals surface area contributed by atoms with E-state index in [1.165, 1.54) is 0 Å². The molecule has 0 unspecified atom stereocenters. The largest absolute Gasteiger partial charge is 0.495 e. The molecule has 29 heavy (non-hydrogen) atoms. The number of rotatable bonds is 6. The van der Waals surface area contributed by atoms with Gasteiger partial charge in [-0.2, -0.15) is 0 Å². The quantitative estimate of drug-likeness (QED) is 0.784. The summed E-state index contributed by atoms with van der Waals surface area (Å²) in [6.07, 6.45) is 0.914. The van der Waals surface area contributed by atoms with Crippen molar-refractivity contribution in [3.63, 3.8) is 0 Å². The number of ether oxygens (including phenoxy) is 1. The van der Waals surface area contributed by atoms with Crippen LogP contribution in [-0.2, 0) is 21.4 Å². The van der Waals surface area contributed by atoms with Crippen molar-refractivity contribution in [2.75, 3.05) is 25.1 Å². The Balaban J connectivity index is 1.57. The number of benzene rings is 1. The first kappa shape index (κ1) is 21.3. The smallest absolute Gasteiger partial charge is 0.227 e. The summed E-state index contributed by atoms with van der Waals surface area (Å²) in [6, 6.07) is 5.72. The van der Waals surface area contributed by atoms with Crippen LogP contribution in [0.15, 0.2) is 23.6 Å². The maximum absolute atomic E-state index is 12.6. The fourth-order valence-electron chi connectivity index (χ4n) is 3.33. The Hall–Kier alpha value is -2.41. The number of carbonyl (C=O) groups excluding carboxylic acids is 2. The number of anilines is 1. The van der Waals surface area contributed by atoms with Gasteiger partial charge in [0.25, 0.3) is 0 Å². The van der Waals surface area contributed by atoms with Gasteiger partial charge in [-0.25, -0.2) is 4.98 Å². The van der Waals surface area contributed by atoms with Crippen molar-refractivity contribution in [2.24, 2.45) is 5.92 Å². The summed E-state index contributed by atoms with van der Waals surface area (Å²) < 4.78 is 5.40. The van der Waals surface area contributed by atoms with E-state index < -0.39 is 0 Å². The zero-order valence-corrected chi connectivity index (χ0v) is 18.6. The fraction of sp³-hybridized carbons (Fsp3) is 0.500. The second-order valence-corrected chi connectivity index (χ2v) is 9.44. The first-order valence-corrected chi connectivity index (χ1v) is 10.7. The van der Waals surface area contributed by atoms with E-state index in [1.54, 1.807) is 23.3 Å². The van der Waals surface area contributed by atoms with E-state index in [-0.39, 0.29) is 29.6 Å². The standard InChI is InChI=1S/C22H29N3O3S/c1-14-6-7-17(28-5)16(10-14)25-12-15(11-20(25)26)21(27)23-9-8-19-24-18(13-29-19)22(2,3)4/h6-7,10,13,15H,8-9,11-12H2,1-5H3,(H,23,27)/t15-/m1/s1. The van der Waals surface area contributed by atoms with E-state index in [9.17, 15) is 9.59 Å². The van der Waals surface area contributed by atoms with Crippen molar-refractivity contribution in [2.45, 2.75) is 46.0 Å². The monoisotopic (exact) mass is 415 g/mol. The lowest BCUT2D eigenvalue weighted by Crippen LogP contribution is -2.34. The van der Waals surface area contributed by atoms with Gasteiger partial charge in [0.1, 0.15) is 5.75 Å². The molecule has 1 aliphatic heterocycles. The summed E-state index contributed by atoms with van der Waals surface area (Å²) in [4.78, 5) is 31.5. The predicted molar refractivity (Wildman–Crippen MR) is 116 cm³/mol. The molecule has 0 aliphatic carbocycles. The first-order valence-electron chi connectivity index (χ1n) is 9.86. The van der Waals surface area contributed by atoms with Gasteiger partial charge in [0, 0.05) is 36.7 Å². The van der Waals surface area contributed by atoms with Crippen molar-refractivity contribution in [3.8, 4) is 5.75 Å². The van der Waals surface area contributed by atoms with Crippen LogP contribution in [0.2, 0.25) is 0 Å². The highest BCUT2D eigenvalue weighted by molar-refractivity contribution is 7.09. The summed E-state index contributed by atoms with van der Waals surface area (Å²) in [5, 5.41) is 6.07. The van der Waals surface area contributed by atoms with Crippen molar-refractivity contribution in [1.29, 1.82) is 0 Å². The van der Waals surface area contributed by atoms with Crippen LogP contribution < -0.4 is 15.0 Å². The summed E-state index contributed by atoms with van der Waals surface area (Å²) in [5.74, 6) is 0.154. The van der Waals surface area contributed by atoms with Gasteiger partial charge in [0.15, 0.2) is 0 Å². The molecule has 1 aromatic carbocycles. The Morgan fingerprint density at radius 1 is 1.38 bits per heavy atom. The van der Waals surface area contributed by atoms with Gasteiger partial charge in [0.2, 0.25) is 11.8 Å². The molecule has 7 heteroatoms. The predicted octanol–water partition coefficient (Wildman–Crippen LogP) is 3.47. The molecule has 2 amide bonds. The van der Waals surface area contributed by atoms with Crippen molar-refractivity contribution < 1.29 is 14.3 Å². The van der Waals surface area contributed by atoms with Crippen LogP contribution in [0.3, 0.4) is 0 Å².